The molecule has 1 heterocycles. The van der Waals surface area contributed by atoms with Gasteiger partial charge in [0.25, 0.3) is 0 Å². The van der Waals surface area contributed by atoms with Crippen molar-refractivity contribution in [2.75, 3.05) is 20.2 Å². The van der Waals surface area contributed by atoms with Gasteiger partial charge in [-0.05, 0) is 12.1 Å². The first-order valence-corrected chi connectivity index (χ1v) is 7.84. The SMILES string of the molecule is CN=C(NCCOc1c(Cl)cc(Cl)cc1Cl)NCc1ccon1. The van der Waals surface area contributed by atoms with Gasteiger partial charge in [0.15, 0.2) is 11.7 Å². The number of rotatable bonds is 6. The number of hydrogen-bond acceptors (Lipinski definition) is 4. The number of ether oxygens (including phenoxy) is 1. The molecule has 0 aliphatic rings. The normalized spacial score (nSPS) is 11.4. The first-order valence-electron chi connectivity index (χ1n) is 6.71. The second kappa shape index (κ2) is 8.86. The highest BCUT2D eigenvalue weighted by Crippen LogP contribution is 2.35. The highest BCUT2D eigenvalue weighted by Gasteiger charge is 2.09. The average molecular weight is 378 g/mol. The molecule has 0 bridgehead atoms. The predicted molar refractivity (Wildman–Crippen MR) is 91.7 cm³/mol. The molecule has 6 nitrogen and oxygen atoms in total. The molecule has 0 amide bonds. The molecule has 0 atom stereocenters. The maximum Gasteiger partial charge on any atom is 0.191 e. The standard InChI is InChI=1S/C14H15Cl3N4O2/c1-18-14(20-8-10-2-4-23-21-10)19-3-5-22-13-11(16)6-9(15)7-12(13)17/h2,4,6-7H,3,5,8H2,1H3,(H2,18,19,20). The zero-order valence-corrected chi connectivity index (χ0v) is 14.5. The first kappa shape index (κ1) is 17.7. The van der Waals surface area contributed by atoms with E-state index in [0.29, 0.717) is 46.5 Å². The molecule has 0 spiro atoms. The molecule has 0 radical (unpaired) electrons. The maximum atomic E-state index is 6.04. The molecule has 1 aromatic carbocycles. The van der Waals surface area contributed by atoms with Crippen LogP contribution in [-0.4, -0.2) is 31.3 Å². The smallest absolute Gasteiger partial charge is 0.191 e. The highest BCUT2D eigenvalue weighted by atomic mass is 35.5. The van der Waals surface area contributed by atoms with Gasteiger partial charge in [-0.15, -0.1) is 0 Å². The Morgan fingerprint density at radius 2 is 2.00 bits per heavy atom. The number of aromatic nitrogens is 1. The van der Waals surface area contributed by atoms with E-state index in [1.807, 2.05) is 0 Å². The Morgan fingerprint density at radius 3 is 2.61 bits per heavy atom. The minimum absolute atomic E-state index is 0.353. The zero-order valence-electron chi connectivity index (χ0n) is 12.3. The van der Waals surface area contributed by atoms with E-state index in [0.717, 1.165) is 5.69 Å². The van der Waals surface area contributed by atoms with Crippen molar-refractivity contribution in [1.29, 1.82) is 0 Å². The van der Waals surface area contributed by atoms with Crippen molar-refractivity contribution in [3.8, 4) is 5.75 Å². The molecule has 2 aromatic rings. The Kier molecular flexibility index (Phi) is 6.83. The monoisotopic (exact) mass is 376 g/mol. The minimum Gasteiger partial charge on any atom is -0.489 e. The molecule has 0 saturated carbocycles. The molecule has 0 aliphatic heterocycles. The molecule has 124 valence electrons. The highest BCUT2D eigenvalue weighted by molar-refractivity contribution is 6.40. The van der Waals surface area contributed by atoms with Crippen LogP contribution in [0.1, 0.15) is 5.69 Å². The summed E-state index contributed by atoms with van der Waals surface area (Å²) < 4.78 is 10.3. The number of halogens is 3. The Labute approximate surface area is 148 Å². The molecule has 9 heteroatoms. The summed E-state index contributed by atoms with van der Waals surface area (Å²) in [7, 11) is 1.67. The van der Waals surface area contributed by atoms with Crippen molar-refractivity contribution in [2.24, 2.45) is 4.99 Å². The maximum absolute atomic E-state index is 6.04. The van der Waals surface area contributed by atoms with Crippen molar-refractivity contribution in [2.45, 2.75) is 6.54 Å². The van der Waals surface area contributed by atoms with E-state index in [1.165, 1.54) is 6.26 Å². The molecular formula is C14H15Cl3N4O2. The summed E-state index contributed by atoms with van der Waals surface area (Å²) in [5, 5.41) is 11.2. The molecule has 2 rings (SSSR count). The van der Waals surface area contributed by atoms with Gasteiger partial charge in [0.2, 0.25) is 0 Å². The molecule has 0 saturated heterocycles. The van der Waals surface area contributed by atoms with Gasteiger partial charge in [-0.1, -0.05) is 40.0 Å². The topological polar surface area (TPSA) is 71.7 Å². The number of benzene rings is 1. The lowest BCUT2D eigenvalue weighted by atomic mass is 10.3. The average Bonchev–Trinajstić information content (AvgIpc) is 3.01. The number of hydrogen-bond donors (Lipinski definition) is 2. The van der Waals surface area contributed by atoms with E-state index in [9.17, 15) is 0 Å². The Hall–Kier alpha value is -1.63. The molecule has 2 N–H and O–H groups in total. The number of nitrogens with one attached hydrogen (secondary N) is 2. The molecule has 23 heavy (non-hydrogen) atoms. The molecule has 0 unspecified atom stereocenters. The quantitative estimate of drug-likeness (QED) is 0.459. The van der Waals surface area contributed by atoms with Gasteiger partial charge in [0.1, 0.15) is 18.6 Å². The fourth-order valence-electron chi connectivity index (χ4n) is 1.71. The summed E-state index contributed by atoms with van der Waals surface area (Å²) in [6, 6.07) is 4.93. The predicted octanol–water partition coefficient (Wildman–Crippen LogP) is 3.38. The number of aliphatic imine (C=N–C) groups is 1. The third kappa shape index (κ3) is 5.49. The second-order valence-electron chi connectivity index (χ2n) is 4.39. The van der Waals surface area contributed by atoms with Crippen LogP contribution in [0.15, 0.2) is 34.0 Å². The minimum atomic E-state index is 0.353. The van der Waals surface area contributed by atoms with Crippen molar-refractivity contribution in [3.05, 3.63) is 45.2 Å². The van der Waals surface area contributed by atoms with Gasteiger partial charge in [0, 0.05) is 18.1 Å². The largest absolute Gasteiger partial charge is 0.489 e. The summed E-state index contributed by atoms with van der Waals surface area (Å²) in [4.78, 5) is 4.09. The lowest BCUT2D eigenvalue weighted by molar-refractivity contribution is 0.322. The van der Waals surface area contributed by atoms with Crippen LogP contribution in [0.3, 0.4) is 0 Å². The summed E-state index contributed by atoms with van der Waals surface area (Å²) in [5.41, 5.74) is 0.781. The van der Waals surface area contributed by atoms with E-state index in [-0.39, 0.29) is 0 Å². The van der Waals surface area contributed by atoms with Crippen LogP contribution in [-0.2, 0) is 6.54 Å². The van der Waals surface area contributed by atoms with E-state index in [2.05, 4.69) is 20.8 Å². The number of guanidine groups is 1. The Bertz CT molecular complexity index is 639. The summed E-state index contributed by atoms with van der Waals surface area (Å²) >= 11 is 17.9. The van der Waals surface area contributed by atoms with E-state index in [4.69, 9.17) is 44.1 Å². The van der Waals surface area contributed by atoms with Gasteiger partial charge in [0.05, 0.1) is 23.1 Å². The van der Waals surface area contributed by atoms with Crippen molar-refractivity contribution in [1.82, 2.24) is 15.8 Å². The third-order valence-corrected chi connectivity index (χ3v) is 3.54. The van der Waals surface area contributed by atoms with Crippen LogP contribution in [0.5, 0.6) is 5.75 Å². The second-order valence-corrected chi connectivity index (χ2v) is 5.64. The molecular weight excluding hydrogens is 363 g/mol. The van der Waals surface area contributed by atoms with Gasteiger partial charge in [-0.2, -0.15) is 0 Å². The first-order chi connectivity index (χ1) is 11.1. The molecule has 1 aromatic heterocycles. The Balaban J connectivity index is 1.76. The number of nitrogens with zero attached hydrogens (tertiary/aromatic N) is 2. The van der Waals surface area contributed by atoms with Crippen LogP contribution in [0, 0.1) is 0 Å². The Morgan fingerprint density at radius 1 is 1.26 bits per heavy atom. The fourth-order valence-corrected chi connectivity index (χ4v) is 2.64. The van der Waals surface area contributed by atoms with Gasteiger partial charge in [-0.3, -0.25) is 4.99 Å². The van der Waals surface area contributed by atoms with E-state index < -0.39 is 0 Å². The molecule has 0 fully saturated rings. The van der Waals surface area contributed by atoms with Crippen molar-refractivity contribution < 1.29 is 9.26 Å². The lowest BCUT2D eigenvalue weighted by Crippen LogP contribution is -2.38. The van der Waals surface area contributed by atoms with Crippen LogP contribution in [0.4, 0.5) is 0 Å². The summed E-state index contributed by atoms with van der Waals surface area (Å²) in [6.45, 7) is 1.37. The van der Waals surface area contributed by atoms with Crippen LogP contribution >= 0.6 is 34.8 Å². The van der Waals surface area contributed by atoms with Gasteiger partial charge >= 0.3 is 0 Å². The van der Waals surface area contributed by atoms with Gasteiger partial charge in [-0.25, -0.2) is 0 Å². The lowest BCUT2D eigenvalue weighted by Gasteiger charge is -2.13. The van der Waals surface area contributed by atoms with Gasteiger partial charge < -0.3 is 19.9 Å². The summed E-state index contributed by atoms with van der Waals surface area (Å²) in [5.74, 6) is 1.02. The van der Waals surface area contributed by atoms with E-state index >= 15 is 0 Å². The summed E-state index contributed by atoms with van der Waals surface area (Å²) in [6.07, 6.45) is 1.51. The van der Waals surface area contributed by atoms with Crippen molar-refractivity contribution in [3.63, 3.8) is 0 Å². The molecule has 0 aliphatic carbocycles. The fraction of sp³-hybridized carbons (Fsp3) is 0.286. The van der Waals surface area contributed by atoms with Crippen molar-refractivity contribution >= 4 is 40.8 Å². The zero-order chi connectivity index (χ0) is 16.7. The van der Waals surface area contributed by atoms with Crippen LogP contribution in [0.25, 0.3) is 0 Å². The third-order valence-electron chi connectivity index (χ3n) is 2.76. The van der Waals surface area contributed by atoms with Crippen LogP contribution in [0.2, 0.25) is 15.1 Å². The van der Waals surface area contributed by atoms with Crippen LogP contribution < -0.4 is 15.4 Å². The van der Waals surface area contributed by atoms with E-state index in [1.54, 1.807) is 25.2 Å².